The molecule has 1 heterocycles. The normalized spacial score (nSPS) is 13.6. The third-order valence-corrected chi connectivity index (χ3v) is 4.22. The van der Waals surface area contributed by atoms with Crippen LogP contribution in [0.25, 0.3) is 0 Å². The van der Waals surface area contributed by atoms with E-state index in [-0.39, 0.29) is 5.56 Å². The molecule has 0 spiro atoms. The Morgan fingerprint density at radius 1 is 1.22 bits per heavy atom. The second-order valence-electron chi connectivity index (χ2n) is 3.70. The first-order chi connectivity index (χ1) is 8.39. The summed E-state index contributed by atoms with van der Waals surface area (Å²) in [6, 6.07) is 4.72. The molecule has 0 saturated carbocycles. The molecule has 0 saturated heterocycles. The van der Waals surface area contributed by atoms with Crippen molar-refractivity contribution in [2.75, 3.05) is 0 Å². The lowest BCUT2D eigenvalue weighted by Gasteiger charge is -2.13. The highest BCUT2D eigenvalue weighted by atomic mass is 79.9. The SMILES string of the molecule is OC(c1cccc(C(F)(F)F)c1)c1cscc1Br. The van der Waals surface area contributed by atoms with Crippen molar-refractivity contribution in [2.45, 2.75) is 12.3 Å². The summed E-state index contributed by atoms with van der Waals surface area (Å²) in [5.41, 5.74) is 0.0358. The van der Waals surface area contributed by atoms with Gasteiger partial charge in [0.2, 0.25) is 0 Å². The maximum Gasteiger partial charge on any atom is 0.416 e. The Morgan fingerprint density at radius 2 is 1.94 bits per heavy atom. The Hall–Kier alpha value is -0.850. The van der Waals surface area contributed by atoms with Crippen LogP contribution in [0.4, 0.5) is 13.2 Å². The summed E-state index contributed by atoms with van der Waals surface area (Å²) in [6.45, 7) is 0. The highest BCUT2D eigenvalue weighted by Crippen LogP contribution is 2.34. The van der Waals surface area contributed by atoms with Gasteiger partial charge in [-0.15, -0.1) is 0 Å². The van der Waals surface area contributed by atoms with E-state index in [4.69, 9.17) is 0 Å². The predicted octanol–water partition coefficient (Wildman–Crippen LogP) is 4.61. The monoisotopic (exact) mass is 336 g/mol. The number of alkyl halides is 3. The molecule has 1 unspecified atom stereocenters. The second kappa shape index (κ2) is 5.03. The molecule has 0 amide bonds. The van der Waals surface area contributed by atoms with Gasteiger partial charge in [-0.2, -0.15) is 24.5 Å². The molecular formula is C12H8BrF3OS. The van der Waals surface area contributed by atoms with Crippen molar-refractivity contribution in [1.82, 2.24) is 0 Å². The predicted molar refractivity (Wildman–Crippen MR) is 67.5 cm³/mol. The number of rotatable bonds is 2. The van der Waals surface area contributed by atoms with E-state index in [9.17, 15) is 18.3 Å². The largest absolute Gasteiger partial charge is 0.416 e. The summed E-state index contributed by atoms with van der Waals surface area (Å²) in [7, 11) is 0. The van der Waals surface area contributed by atoms with Gasteiger partial charge in [-0.25, -0.2) is 0 Å². The Balaban J connectivity index is 2.38. The first-order valence-corrected chi connectivity index (χ1v) is 6.70. The zero-order chi connectivity index (χ0) is 13.3. The number of aliphatic hydroxyl groups is 1. The van der Waals surface area contributed by atoms with Gasteiger partial charge in [0.1, 0.15) is 6.10 Å². The van der Waals surface area contributed by atoms with Gasteiger partial charge in [-0.3, -0.25) is 0 Å². The average molecular weight is 337 g/mol. The smallest absolute Gasteiger partial charge is 0.384 e. The van der Waals surface area contributed by atoms with Crippen LogP contribution in [0.5, 0.6) is 0 Å². The van der Waals surface area contributed by atoms with Crippen LogP contribution in [-0.2, 0) is 6.18 Å². The highest BCUT2D eigenvalue weighted by molar-refractivity contribution is 9.10. The van der Waals surface area contributed by atoms with Gasteiger partial charge >= 0.3 is 6.18 Å². The number of halogens is 4. The van der Waals surface area contributed by atoms with E-state index in [0.29, 0.717) is 10.0 Å². The lowest BCUT2D eigenvalue weighted by Crippen LogP contribution is -2.07. The van der Waals surface area contributed by atoms with E-state index in [2.05, 4.69) is 15.9 Å². The maximum absolute atomic E-state index is 12.6. The van der Waals surface area contributed by atoms with Crippen LogP contribution in [-0.4, -0.2) is 5.11 Å². The first kappa shape index (κ1) is 13.6. The summed E-state index contributed by atoms with van der Waals surface area (Å²) < 4.78 is 38.4. The molecule has 96 valence electrons. The zero-order valence-corrected chi connectivity index (χ0v) is 11.3. The molecule has 1 nitrogen and oxygen atoms in total. The molecule has 1 aromatic carbocycles. The minimum atomic E-state index is -4.40. The molecule has 1 aromatic heterocycles. The van der Waals surface area contributed by atoms with Crippen molar-refractivity contribution in [3.8, 4) is 0 Å². The molecule has 1 N–H and O–H groups in total. The maximum atomic E-state index is 12.6. The standard InChI is InChI=1S/C12H8BrF3OS/c13-10-6-18-5-9(10)11(17)7-2-1-3-8(4-7)12(14,15)16/h1-6,11,17H. The summed E-state index contributed by atoms with van der Waals surface area (Å²) in [4.78, 5) is 0. The summed E-state index contributed by atoms with van der Waals surface area (Å²) in [5, 5.41) is 13.5. The van der Waals surface area contributed by atoms with Crippen molar-refractivity contribution in [3.63, 3.8) is 0 Å². The Kier molecular flexibility index (Phi) is 3.79. The molecule has 1 atom stereocenters. The first-order valence-electron chi connectivity index (χ1n) is 4.96. The van der Waals surface area contributed by atoms with Crippen LogP contribution in [0, 0.1) is 0 Å². The molecule has 2 aromatic rings. The van der Waals surface area contributed by atoms with Crippen LogP contribution in [0.15, 0.2) is 39.5 Å². The van der Waals surface area contributed by atoms with Crippen molar-refractivity contribution in [1.29, 1.82) is 0 Å². The fourth-order valence-corrected chi connectivity index (χ4v) is 3.08. The molecule has 0 fully saturated rings. The number of hydrogen-bond donors (Lipinski definition) is 1. The van der Waals surface area contributed by atoms with Gasteiger partial charge in [0.05, 0.1) is 5.56 Å². The van der Waals surface area contributed by atoms with Crippen molar-refractivity contribution >= 4 is 27.3 Å². The number of thiophene rings is 1. The Morgan fingerprint density at radius 3 is 2.50 bits per heavy atom. The molecule has 2 rings (SSSR count). The minimum absolute atomic E-state index is 0.226. The highest BCUT2D eigenvalue weighted by Gasteiger charge is 2.31. The summed E-state index contributed by atoms with van der Waals surface area (Å²) in [5.74, 6) is 0. The van der Waals surface area contributed by atoms with Crippen LogP contribution < -0.4 is 0 Å². The quantitative estimate of drug-likeness (QED) is 0.848. The third kappa shape index (κ3) is 2.76. The van der Waals surface area contributed by atoms with Gasteiger partial charge in [0.15, 0.2) is 0 Å². The van der Waals surface area contributed by atoms with Crippen LogP contribution in [0.2, 0.25) is 0 Å². The topological polar surface area (TPSA) is 20.2 Å². The van der Waals surface area contributed by atoms with Crippen molar-refractivity contribution in [2.24, 2.45) is 0 Å². The molecule has 0 bridgehead atoms. The molecular weight excluding hydrogens is 329 g/mol. The van der Waals surface area contributed by atoms with Gasteiger partial charge in [0.25, 0.3) is 0 Å². The molecule has 0 aliphatic rings. The molecule has 0 radical (unpaired) electrons. The number of hydrogen-bond acceptors (Lipinski definition) is 2. The van der Waals surface area contributed by atoms with Gasteiger partial charge in [-0.1, -0.05) is 12.1 Å². The van der Waals surface area contributed by atoms with Crippen LogP contribution in [0.3, 0.4) is 0 Å². The van der Waals surface area contributed by atoms with Gasteiger partial charge in [-0.05, 0) is 39.0 Å². The fourth-order valence-electron chi connectivity index (χ4n) is 1.55. The van der Waals surface area contributed by atoms with E-state index in [1.807, 2.05) is 0 Å². The van der Waals surface area contributed by atoms with E-state index in [1.165, 1.54) is 23.5 Å². The van der Waals surface area contributed by atoms with Gasteiger partial charge < -0.3 is 5.11 Å². The van der Waals surface area contributed by atoms with E-state index >= 15 is 0 Å². The van der Waals surface area contributed by atoms with E-state index in [0.717, 1.165) is 12.1 Å². The summed E-state index contributed by atoms with van der Waals surface area (Å²) in [6.07, 6.45) is -5.46. The van der Waals surface area contributed by atoms with Crippen LogP contribution >= 0.6 is 27.3 Å². The lowest BCUT2D eigenvalue weighted by atomic mass is 10.0. The lowest BCUT2D eigenvalue weighted by molar-refractivity contribution is -0.137. The second-order valence-corrected chi connectivity index (χ2v) is 5.30. The number of benzene rings is 1. The molecule has 0 aliphatic carbocycles. The molecule has 0 aliphatic heterocycles. The molecule has 6 heteroatoms. The molecule has 18 heavy (non-hydrogen) atoms. The number of aliphatic hydroxyl groups excluding tert-OH is 1. The van der Waals surface area contributed by atoms with Crippen LogP contribution in [0.1, 0.15) is 22.8 Å². The van der Waals surface area contributed by atoms with E-state index in [1.54, 1.807) is 10.8 Å². The van der Waals surface area contributed by atoms with Gasteiger partial charge in [0, 0.05) is 15.4 Å². The minimum Gasteiger partial charge on any atom is -0.384 e. The van der Waals surface area contributed by atoms with E-state index < -0.39 is 17.8 Å². The third-order valence-electron chi connectivity index (χ3n) is 2.47. The summed E-state index contributed by atoms with van der Waals surface area (Å²) >= 11 is 4.62. The van der Waals surface area contributed by atoms with Crippen molar-refractivity contribution in [3.05, 3.63) is 56.2 Å². The fraction of sp³-hybridized carbons (Fsp3) is 0.167. The Labute approximate surface area is 114 Å². The zero-order valence-electron chi connectivity index (χ0n) is 8.91. The Bertz CT molecular complexity index is 550. The van der Waals surface area contributed by atoms with Crippen molar-refractivity contribution < 1.29 is 18.3 Å². The average Bonchev–Trinajstić information content (AvgIpc) is 2.73.